The van der Waals surface area contributed by atoms with Crippen LogP contribution in [0.15, 0.2) is 4.90 Å². The number of hydrogen-bond donors (Lipinski definition) is 3. The molecule has 0 aliphatic carbocycles. The third kappa shape index (κ3) is 4.32. The van der Waals surface area contributed by atoms with Gasteiger partial charge in [0.15, 0.2) is 0 Å². The third-order valence-corrected chi connectivity index (χ3v) is 5.46. The molecule has 1 heterocycles. The maximum atomic E-state index is 12.5. The number of nitrogens with one attached hydrogen (secondary N) is 2. The van der Waals surface area contributed by atoms with E-state index in [9.17, 15) is 18.0 Å². The van der Waals surface area contributed by atoms with E-state index in [0.29, 0.717) is 11.4 Å². The minimum Gasteiger partial charge on any atom is -0.480 e. The molecule has 1 aromatic heterocycles. The van der Waals surface area contributed by atoms with Crippen molar-refractivity contribution in [1.82, 2.24) is 19.8 Å². The summed E-state index contributed by atoms with van der Waals surface area (Å²) in [6, 6.07) is -2.22. The normalized spacial score (nSPS) is 14.5. The number of aryl methyl sites for hydroxylation is 2. The first-order chi connectivity index (χ1) is 10.9. The van der Waals surface area contributed by atoms with Gasteiger partial charge in [-0.3, -0.25) is 9.48 Å². The second kappa shape index (κ2) is 7.31. The van der Waals surface area contributed by atoms with Crippen molar-refractivity contribution in [3.63, 3.8) is 0 Å². The minimum atomic E-state index is -3.96. The summed E-state index contributed by atoms with van der Waals surface area (Å²) in [6.07, 6.45) is 0. The van der Waals surface area contributed by atoms with Gasteiger partial charge >= 0.3 is 5.97 Å². The van der Waals surface area contributed by atoms with Gasteiger partial charge < -0.3 is 10.4 Å². The summed E-state index contributed by atoms with van der Waals surface area (Å²) in [5.41, 5.74) is 0.763. The Bertz CT molecular complexity index is 739. The van der Waals surface area contributed by atoms with E-state index in [1.807, 2.05) is 0 Å². The van der Waals surface area contributed by atoms with Gasteiger partial charge in [-0.15, -0.1) is 0 Å². The highest BCUT2D eigenvalue weighted by molar-refractivity contribution is 7.89. The summed E-state index contributed by atoms with van der Waals surface area (Å²) in [5.74, 6) is -2.22. The van der Waals surface area contributed by atoms with E-state index in [0.717, 1.165) is 0 Å². The molecule has 9 nitrogen and oxygen atoms in total. The monoisotopic (exact) mass is 360 g/mol. The van der Waals surface area contributed by atoms with Crippen molar-refractivity contribution in [3.05, 3.63) is 11.4 Å². The standard InChI is InChI=1S/C14H24N4O5S/c1-7(2)11(14(20)21)15-13(19)9(4)17-24(22,23)12-8(3)16-18(6)10(12)5/h7,9,11,17H,1-6H3,(H,15,19)(H,20,21)/t9?,11-/m0/s1. The molecule has 1 aromatic rings. The van der Waals surface area contributed by atoms with Gasteiger partial charge in [-0.1, -0.05) is 13.8 Å². The SMILES string of the molecule is Cc1nn(C)c(C)c1S(=O)(=O)NC(C)C(=O)N[C@H](C(=O)O)C(C)C. The zero-order valence-corrected chi connectivity index (χ0v) is 15.4. The lowest BCUT2D eigenvalue weighted by molar-refractivity contribution is -0.143. The molecule has 1 unspecified atom stereocenters. The van der Waals surface area contributed by atoms with Crippen molar-refractivity contribution in [1.29, 1.82) is 0 Å². The number of nitrogens with zero attached hydrogens (tertiary/aromatic N) is 2. The van der Waals surface area contributed by atoms with E-state index in [-0.39, 0.29) is 10.8 Å². The van der Waals surface area contributed by atoms with Gasteiger partial charge in [0.25, 0.3) is 0 Å². The van der Waals surface area contributed by atoms with Gasteiger partial charge in [0, 0.05) is 7.05 Å². The van der Waals surface area contributed by atoms with Crippen molar-refractivity contribution in [2.24, 2.45) is 13.0 Å². The highest BCUT2D eigenvalue weighted by Crippen LogP contribution is 2.18. The molecule has 1 amide bonds. The van der Waals surface area contributed by atoms with Gasteiger partial charge in [-0.2, -0.15) is 9.82 Å². The average Bonchev–Trinajstić information content (AvgIpc) is 2.68. The zero-order valence-electron chi connectivity index (χ0n) is 14.6. The minimum absolute atomic E-state index is 0.0169. The number of carbonyl (C=O) groups excluding carboxylic acids is 1. The lowest BCUT2D eigenvalue weighted by Gasteiger charge is -2.21. The van der Waals surface area contributed by atoms with E-state index in [1.165, 1.54) is 11.6 Å². The van der Waals surface area contributed by atoms with E-state index in [1.54, 1.807) is 34.7 Å². The van der Waals surface area contributed by atoms with Crippen LogP contribution in [-0.2, 0) is 26.7 Å². The molecular weight excluding hydrogens is 336 g/mol. The van der Waals surface area contributed by atoms with Crippen molar-refractivity contribution < 1.29 is 23.1 Å². The van der Waals surface area contributed by atoms with Crippen LogP contribution in [0.5, 0.6) is 0 Å². The lowest BCUT2D eigenvalue weighted by Crippen LogP contribution is -2.52. The van der Waals surface area contributed by atoms with Crippen LogP contribution in [0.4, 0.5) is 0 Å². The third-order valence-electron chi connectivity index (χ3n) is 3.67. The Labute approximate surface area is 141 Å². The number of carboxylic acid groups (broad SMARTS) is 1. The first kappa shape index (κ1) is 20.1. The molecule has 0 saturated carbocycles. The Morgan fingerprint density at radius 3 is 2.12 bits per heavy atom. The van der Waals surface area contributed by atoms with Gasteiger partial charge in [0.1, 0.15) is 10.9 Å². The van der Waals surface area contributed by atoms with Crippen LogP contribution in [-0.4, -0.2) is 47.3 Å². The van der Waals surface area contributed by atoms with Crippen LogP contribution in [0.25, 0.3) is 0 Å². The molecule has 0 aromatic carbocycles. The number of amides is 1. The molecule has 10 heteroatoms. The molecule has 24 heavy (non-hydrogen) atoms. The van der Waals surface area contributed by atoms with Crippen LogP contribution in [0.3, 0.4) is 0 Å². The molecule has 136 valence electrons. The molecule has 2 atom stereocenters. The number of carboxylic acids is 1. The molecule has 0 radical (unpaired) electrons. The van der Waals surface area contributed by atoms with Crippen LogP contribution in [0.1, 0.15) is 32.2 Å². The summed E-state index contributed by atoms with van der Waals surface area (Å²) in [6.45, 7) is 7.82. The summed E-state index contributed by atoms with van der Waals surface area (Å²) in [7, 11) is -2.34. The molecular formula is C14H24N4O5S. The first-order valence-electron chi connectivity index (χ1n) is 7.44. The van der Waals surface area contributed by atoms with Gasteiger partial charge in [-0.25, -0.2) is 13.2 Å². The molecule has 3 N–H and O–H groups in total. The Balaban J connectivity index is 2.95. The number of sulfonamides is 1. The van der Waals surface area contributed by atoms with Crippen molar-refractivity contribution >= 4 is 21.9 Å². The van der Waals surface area contributed by atoms with Crippen LogP contribution >= 0.6 is 0 Å². The van der Waals surface area contributed by atoms with Crippen LogP contribution in [0.2, 0.25) is 0 Å². The van der Waals surface area contributed by atoms with E-state index >= 15 is 0 Å². The Morgan fingerprint density at radius 1 is 1.21 bits per heavy atom. The predicted octanol–water partition coefficient (Wildman–Crippen LogP) is -0.0709. The maximum absolute atomic E-state index is 12.5. The predicted molar refractivity (Wildman–Crippen MR) is 86.9 cm³/mol. The molecule has 0 bridgehead atoms. The molecule has 0 aliphatic rings. The molecule has 0 saturated heterocycles. The lowest BCUT2D eigenvalue weighted by atomic mass is 10.0. The second-order valence-electron chi connectivity index (χ2n) is 6.04. The average molecular weight is 360 g/mol. The quantitative estimate of drug-likeness (QED) is 0.624. The van der Waals surface area contributed by atoms with Gasteiger partial charge in [0.05, 0.1) is 17.4 Å². The van der Waals surface area contributed by atoms with E-state index in [2.05, 4.69) is 15.1 Å². The summed E-state index contributed by atoms with van der Waals surface area (Å²) < 4.78 is 28.7. The zero-order chi connectivity index (χ0) is 18.8. The Morgan fingerprint density at radius 2 is 1.75 bits per heavy atom. The number of aromatic nitrogens is 2. The largest absolute Gasteiger partial charge is 0.480 e. The van der Waals surface area contributed by atoms with Gasteiger partial charge in [0.2, 0.25) is 15.9 Å². The van der Waals surface area contributed by atoms with E-state index < -0.39 is 34.0 Å². The van der Waals surface area contributed by atoms with Crippen molar-refractivity contribution in [3.8, 4) is 0 Å². The summed E-state index contributed by atoms with van der Waals surface area (Å²) in [5, 5.41) is 15.5. The fraction of sp³-hybridized carbons (Fsp3) is 0.643. The topological polar surface area (TPSA) is 130 Å². The smallest absolute Gasteiger partial charge is 0.326 e. The Kier molecular flexibility index (Phi) is 6.12. The molecule has 0 fully saturated rings. The number of aliphatic carboxylic acids is 1. The number of carbonyl (C=O) groups is 2. The second-order valence-corrected chi connectivity index (χ2v) is 7.69. The molecule has 1 rings (SSSR count). The summed E-state index contributed by atoms with van der Waals surface area (Å²) >= 11 is 0. The summed E-state index contributed by atoms with van der Waals surface area (Å²) in [4.78, 5) is 23.3. The van der Waals surface area contributed by atoms with E-state index in [4.69, 9.17) is 5.11 Å². The van der Waals surface area contributed by atoms with Crippen LogP contribution in [0, 0.1) is 19.8 Å². The van der Waals surface area contributed by atoms with Crippen molar-refractivity contribution in [2.75, 3.05) is 0 Å². The maximum Gasteiger partial charge on any atom is 0.326 e. The van der Waals surface area contributed by atoms with Gasteiger partial charge in [-0.05, 0) is 26.7 Å². The van der Waals surface area contributed by atoms with Crippen molar-refractivity contribution in [2.45, 2.75) is 51.6 Å². The number of rotatable bonds is 7. The highest BCUT2D eigenvalue weighted by atomic mass is 32.2. The first-order valence-corrected chi connectivity index (χ1v) is 8.92. The highest BCUT2D eigenvalue weighted by Gasteiger charge is 2.30. The molecule has 0 aliphatic heterocycles. The fourth-order valence-electron chi connectivity index (χ4n) is 2.28. The number of hydrogen-bond acceptors (Lipinski definition) is 5. The fourth-order valence-corrected chi connectivity index (χ4v) is 3.92. The molecule has 0 spiro atoms. The van der Waals surface area contributed by atoms with Crippen LogP contribution < -0.4 is 10.0 Å². The Hall–Kier alpha value is -1.94.